The first-order valence-corrected chi connectivity index (χ1v) is 5.43. The highest BCUT2D eigenvalue weighted by Crippen LogP contribution is 2.30. The fourth-order valence-electron chi connectivity index (χ4n) is 1.32. The number of hydrogen-bond donors (Lipinski definition) is 2. The largest absolute Gasteiger partial charge is 0.492 e. The van der Waals surface area contributed by atoms with Crippen LogP contribution in [0.3, 0.4) is 0 Å². The van der Waals surface area contributed by atoms with Crippen molar-refractivity contribution in [3.8, 4) is 5.75 Å². The second kappa shape index (κ2) is 5.83. The van der Waals surface area contributed by atoms with Gasteiger partial charge >= 0.3 is 0 Å². The van der Waals surface area contributed by atoms with Crippen LogP contribution in [0.1, 0.15) is 12.5 Å². The van der Waals surface area contributed by atoms with Crippen LogP contribution in [0.15, 0.2) is 12.1 Å². The summed E-state index contributed by atoms with van der Waals surface area (Å²) in [5.74, 6) is 0.731. The third-order valence-corrected chi connectivity index (χ3v) is 2.33. The molecule has 1 aromatic rings. The molecule has 0 atom stereocenters. The zero-order valence-electron chi connectivity index (χ0n) is 9.14. The molecule has 1 aromatic carbocycles. The van der Waals surface area contributed by atoms with Crippen LogP contribution >= 0.6 is 11.6 Å². The molecular weight excluding hydrogens is 212 g/mol. The average molecular weight is 229 g/mol. The van der Waals surface area contributed by atoms with Gasteiger partial charge in [-0.05, 0) is 31.5 Å². The van der Waals surface area contributed by atoms with Crippen molar-refractivity contribution in [3.05, 3.63) is 22.7 Å². The Kier molecular flexibility index (Phi) is 4.72. The Balaban J connectivity index is 2.87. The van der Waals surface area contributed by atoms with E-state index in [0.29, 0.717) is 18.2 Å². The Morgan fingerprint density at radius 1 is 1.47 bits per heavy atom. The first-order chi connectivity index (χ1) is 7.19. The van der Waals surface area contributed by atoms with Crippen molar-refractivity contribution in [1.82, 2.24) is 0 Å². The summed E-state index contributed by atoms with van der Waals surface area (Å²) in [6.45, 7) is 5.91. The molecule has 4 heteroatoms. The lowest BCUT2D eigenvalue weighted by Gasteiger charge is -2.12. The van der Waals surface area contributed by atoms with Gasteiger partial charge in [-0.2, -0.15) is 0 Å². The van der Waals surface area contributed by atoms with Crippen molar-refractivity contribution in [2.45, 2.75) is 13.8 Å². The van der Waals surface area contributed by atoms with Crippen molar-refractivity contribution in [2.24, 2.45) is 5.73 Å². The zero-order valence-corrected chi connectivity index (χ0v) is 9.90. The maximum absolute atomic E-state index is 6.06. The quantitative estimate of drug-likeness (QED) is 0.814. The van der Waals surface area contributed by atoms with E-state index in [1.807, 2.05) is 26.0 Å². The molecule has 0 aromatic heterocycles. The summed E-state index contributed by atoms with van der Waals surface area (Å²) >= 11 is 6.06. The lowest BCUT2D eigenvalue weighted by molar-refractivity contribution is 0.340. The lowest BCUT2D eigenvalue weighted by atomic mass is 10.2. The van der Waals surface area contributed by atoms with E-state index in [9.17, 15) is 0 Å². The SMILES string of the molecule is CCOc1cc(C)c(NCCN)cc1Cl. The van der Waals surface area contributed by atoms with Crippen LogP contribution in [-0.4, -0.2) is 19.7 Å². The highest BCUT2D eigenvalue weighted by molar-refractivity contribution is 6.32. The third-order valence-electron chi connectivity index (χ3n) is 2.04. The van der Waals surface area contributed by atoms with Gasteiger partial charge in [-0.25, -0.2) is 0 Å². The van der Waals surface area contributed by atoms with Crippen molar-refractivity contribution in [2.75, 3.05) is 25.0 Å². The van der Waals surface area contributed by atoms with Crippen LogP contribution in [0.4, 0.5) is 5.69 Å². The number of aryl methyl sites for hydroxylation is 1. The molecule has 0 saturated carbocycles. The number of rotatable bonds is 5. The number of benzene rings is 1. The molecule has 0 unspecified atom stereocenters. The first kappa shape index (κ1) is 12.1. The van der Waals surface area contributed by atoms with Crippen molar-refractivity contribution < 1.29 is 4.74 Å². The average Bonchev–Trinajstić information content (AvgIpc) is 2.21. The Hall–Kier alpha value is -0.930. The molecule has 0 saturated heterocycles. The fraction of sp³-hybridized carbons (Fsp3) is 0.455. The van der Waals surface area contributed by atoms with Crippen molar-refractivity contribution in [1.29, 1.82) is 0 Å². The highest BCUT2D eigenvalue weighted by Gasteiger charge is 2.05. The zero-order chi connectivity index (χ0) is 11.3. The Morgan fingerprint density at radius 3 is 2.80 bits per heavy atom. The Labute approximate surface area is 95.6 Å². The van der Waals surface area contributed by atoms with Gasteiger partial charge in [0.15, 0.2) is 0 Å². The minimum atomic E-state index is 0.601. The van der Waals surface area contributed by atoms with E-state index in [4.69, 9.17) is 22.1 Å². The second-order valence-corrected chi connectivity index (χ2v) is 3.65. The van der Waals surface area contributed by atoms with E-state index in [2.05, 4.69) is 5.32 Å². The summed E-state index contributed by atoms with van der Waals surface area (Å²) in [5.41, 5.74) is 7.54. The van der Waals surface area contributed by atoms with Crippen LogP contribution in [0, 0.1) is 6.92 Å². The first-order valence-electron chi connectivity index (χ1n) is 5.06. The van der Waals surface area contributed by atoms with Gasteiger partial charge in [0.05, 0.1) is 11.6 Å². The topological polar surface area (TPSA) is 47.3 Å². The van der Waals surface area contributed by atoms with Gasteiger partial charge < -0.3 is 15.8 Å². The number of hydrogen-bond acceptors (Lipinski definition) is 3. The predicted octanol–water partition coefficient (Wildman–Crippen LogP) is 2.42. The summed E-state index contributed by atoms with van der Waals surface area (Å²) in [5, 5.41) is 3.83. The summed E-state index contributed by atoms with van der Waals surface area (Å²) < 4.78 is 5.39. The van der Waals surface area contributed by atoms with Gasteiger partial charge in [0.25, 0.3) is 0 Å². The van der Waals surface area contributed by atoms with E-state index in [1.54, 1.807) is 0 Å². The summed E-state index contributed by atoms with van der Waals surface area (Å²) in [4.78, 5) is 0. The van der Waals surface area contributed by atoms with E-state index >= 15 is 0 Å². The smallest absolute Gasteiger partial charge is 0.138 e. The molecule has 0 amide bonds. The molecule has 0 fully saturated rings. The number of nitrogens with two attached hydrogens (primary N) is 1. The third kappa shape index (κ3) is 3.29. The predicted molar refractivity (Wildman–Crippen MR) is 64.9 cm³/mol. The molecule has 0 radical (unpaired) electrons. The lowest BCUT2D eigenvalue weighted by Crippen LogP contribution is -2.13. The maximum atomic E-state index is 6.06. The van der Waals surface area contributed by atoms with Crippen LogP contribution < -0.4 is 15.8 Å². The van der Waals surface area contributed by atoms with Gasteiger partial charge in [0.1, 0.15) is 5.75 Å². The molecule has 0 heterocycles. The molecular formula is C11H17ClN2O. The molecule has 1 rings (SSSR count). The van der Waals surface area contributed by atoms with Gasteiger partial charge in [0.2, 0.25) is 0 Å². The molecule has 0 aliphatic carbocycles. The number of anilines is 1. The molecule has 0 bridgehead atoms. The van der Waals surface area contributed by atoms with E-state index in [1.165, 1.54) is 0 Å². The van der Waals surface area contributed by atoms with Crippen molar-refractivity contribution in [3.63, 3.8) is 0 Å². The monoisotopic (exact) mass is 228 g/mol. The van der Waals surface area contributed by atoms with E-state index in [-0.39, 0.29) is 0 Å². The van der Waals surface area contributed by atoms with E-state index in [0.717, 1.165) is 23.5 Å². The van der Waals surface area contributed by atoms with Gasteiger partial charge in [-0.15, -0.1) is 0 Å². The fourth-order valence-corrected chi connectivity index (χ4v) is 1.54. The molecule has 84 valence electrons. The van der Waals surface area contributed by atoms with Crippen molar-refractivity contribution >= 4 is 17.3 Å². The summed E-state index contributed by atoms with van der Waals surface area (Å²) in [6, 6.07) is 3.81. The van der Waals surface area contributed by atoms with Gasteiger partial charge in [-0.1, -0.05) is 11.6 Å². The maximum Gasteiger partial charge on any atom is 0.138 e. The minimum Gasteiger partial charge on any atom is -0.492 e. The van der Waals surface area contributed by atoms with Crippen LogP contribution in [0.5, 0.6) is 5.75 Å². The Bertz CT molecular complexity index is 329. The molecule has 0 spiro atoms. The molecule has 3 N–H and O–H groups in total. The number of halogens is 1. The normalized spacial score (nSPS) is 10.1. The standard InChI is InChI=1S/C11H17ClN2O/c1-3-15-11-6-8(2)10(7-9(11)12)14-5-4-13/h6-7,14H,3-5,13H2,1-2H3. The summed E-state index contributed by atoms with van der Waals surface area (Å²) in [7, 11) is 0. The minimum absolute atomic E-state index is 0.601. The van der Waals surface area contributed by atoms with Crippen LogP contribution in [-0.2, 0) is 0 Å². The molecule has 15 heavy (non-hydrogen) atoms. The summed E-state index contributed by atoms with van der Waals surface area (Å²) in [6.07, 6.45) is 0. The Morgan fingerprint density at radius 2 is 2.20 bits per heavy atom. The van der Waals surface area contributed by atoms with Crippen LogP contribution in [0.25, 0.3) is 0 Å². The highest BCUT2D eigenvalue weighted by atomic mass is 35.5. The van der Waals surface area contributed by atoms with E-state index < -0.39 is 0 Å². The number of nitrogens with one attached hydrogen (secondary N) is 1. The second-order valence-electron chi connectivity index (χ2n) is 3.25. The molecule has 3 nitrogen and oxygen atoms in total. The molecule has 0 aliphatic heterocycles. The van der Waals surface area contributed by atoms with Gasteiger partial charge in [0, 0.05) is 18.8 Å². The van der Waals surface area contributed by atoms with Crippen LogP contribution in [0.2, 0.25) is 5.02 Å². The molecule has 0 aliphatic rings. The van der Waals surface area contributed by atoms with Gasteiger partial charge in [-0.3, -0.25) is 0 Å². The number of ether oxygens (including phenoxy) is 1.